The van der Waals surface area contributed by atoms with Crippen molar-refractivity contribution in [3.63, 3.8) is 0 Å². The minimum absolute atomic E-state index is 0.0672. The zero-order valence-corrected chi connectivity index (χ0v) is 14.8. The van der Waals surface area contributed by atoms with Gasteiger partial charge in [-0.3, -0.25) is 0 Å². The Bertz CT molecular complexity index is 359. The molecule has 0 heterocycles. The van der Waals surface area contributed by atoms with Crippen molar-refractivity contribution in [3.8, 4) is 0 Å². The zero-order chi connectivity index (χ0) is 13.1. The molecule has 0 radical (unpaired) electrons. The fraction of sp³-hybridized carbons (Fsp3) is 0.875. The first-order valence-corrected chi connectivity index (χ1v) is 11.6. The van der Waals surface area contributed by atoms with Crippen LogP contribution >= 0.6 is 34.3 Å². The van der Waals surface area contributed by atoms with E-state index in [2.05, 4.69) is 13.1 Å². The molecular formula is C8H17IN2O2P2S. The maximum atomic E-state index is 12.0. The molecule has 0 aliphatic heterocycles. The molecule has 0 bridgehead atoms. The fourth-order valence-corrected chi connectivity index (χ4v) is 3.77. The number of hydrogen-bond donors (Lipinski definition) is 1. The van der Waals surface area contributed by atoms with Crippen molar-refractivity contribution in [2.45, 2.75) is 26.8 Å². The Hall–Kier alpha value is 1.04. The molecule has 0 saturated heterocycles. The predicted molar refractivity (Wildman–Crippen MR) is 81.1 cm³/mol. The summed E-state index contributed by atoms with van der Waals surface area (Å²) in [5.41, 5.74) is -0.285. The Morgan fingerprint density at radius 1 is 1.50 bits per heavy atom. The molecule has 2 unspecified atom stereocenters. The van der Waals surface area contributed by atoms with Gasteiger partial charge in [0, 0.05) is 0 Å². The summed E-state index contributed by atoms with van der Waals surface area (Å²) in [7, 11) is 6.27. The number of hydrogen-bond acceptors (Lipinski definition) is 2. The first-order valence-electron chi connectivity index (χ1n) is 4.61. The SMILES string of the molecule is CN(C)C(=O)[C@H](NS(=O)P(#P)I)C(C)(C)C. The van der Waals surface area contributed by atoms with E-state index in [1.54, 1.807) is 14.1 Å². The summed E-state index contributed by atoms with van der Waals surface area (Å²) < 4.78 is 13.6. The van der Waals surface area contributed by atoms with Gasteiger partial charge in [0.15, 0.2) is 0 Å². The second kappa shape index (κ2) is 6.83. The molecule has 0 aromatic carbocycles. The van der Waals surface area contributed by atoms with Crippen LogP contribution in [0, 0.1) is 5.41 Å². The van der Waals surface area contributed by atoms with Crippen LogP contribution < -0.4 is 4.72 Å². The van der Waals surface area contributed by atoms with Crippen molar-refractivity contribution in [3.05, 3.63) is 0 Å². The number of amides is 1. The van der Waals surface area contributed by atoms with Gasteiger partial charge in [0.2, 0.25) is 0 Å². The molecule has 1 N–H and O–H groups in total. The van der Waals surface area contributed by atoms with Crippen LogP contribution in [-0.4, -0.2) is 35.2 Å². The van der Waals surface area contributed by atoms with Gasteiger partial charge in [-0.2, -0.15) is 0 Å². The zero-order valence-electron chi connectivity index (χ0n) is 10.0. The van der Waals surface area contributed by atoms with Crippen LogP contribution in [0.4, 0.5) is 0 Å². The van der Waals surface area contributed by atoms with Crippen LogP contribution in [-0.2, 0) is 15.4 Å². The first-order chi connectivity index (χ1) is 7.07. The van der Waals surface area contributed by atoms with Crippen LogP contribution in [0.1, 0.15) is 20.8 Å². The Morgan fingerprint density at radius 2 is 1.94 bits per heavy atom. The van der Waals surface area contributed by atoms with E-state index < -0.39 is 20.5 Å². The topological polar surface area (TPSA) is 49.4 Å². The molecule has 0 spiro atoms. The molecule has 0 fully saturated rings. The Morgan fingerprint density at radius 3 is 2.19 bits per heavy atom. The average molecular weight is 394 g/mol. The Balaban J connectivity index is 4.94. The van der Waals surface area contributed by atoms with Crippen molar-refractivity contribution in [1.29, 1.82) is 0 Å². The molecule has 94 valence electrons. The van der Waals surface area contributed by atoms with Crippen LogP contribution in [0.3, 0.4) is 0 Å². The number of nitrogens with one attached hydrogen (secondary N) is 1. The third-order valence-corrected chi connectivity index (χ3v) is 8.31. The van der Waals surface area contributed by atoms with E-state index in [4.69, 9.17) is 0 Å². The first kappa shape index (κ1) is 17.0. The summed E-state index contributed by atoms with van der Waals surface area (Å²) >= 11 is 2.01. The molecule has 8 heteroatoms. The van der Waals surface area contributed by atoms with Gasteiger partial charge in [-0.1, -0.05) is 0 Å². The maximum absolute atomic E-state index is 12.0. The van der Waals surface area contributed by atoms with Gasteiger partial charge in [-0.25, -0.2) is 0 Å². The van der Waals surface area contributed by atoms with Gasteiger partial charge >= 0.3 is 116 Å². The van der Waals surface area contributed by atoms with E-state index in [9.17, 15) is 9.00 Å². The molecule has 3 atom stereocenters. The summed E-state index contributed by atoms with van der Waals surface area (Å²) in [6.45, 7) is 5.83. The van der Waals surface area contributed by atoms with Gasteiger partial charge in [0.05, 0.1) is 0 Å². The number of nitrogens with zero attached hydrogens (tertiary/aromatic N) is 1. The van der Waals surface area contributed by atoms with Crippen molar-refractivity contribution >= 4 is 50.8 Å². The van der Waals surface area contributed by atoms with E-state index in [0.29, 0.717) is 0 Å². The van der Waals surface area contributed by atoms with Gasteiger partial charge in [0.25, 0.3) is 0 Å². The third kappa shape index (κ3) is 5.58. The molecule has 0 aliphatic carbocycles. The van der Waals surface area contributed by atoms with Gasteiger partial charge in [0.1, 0.15) is 0 Å². The van der Waals surface area contributed by atoms with E-state index in [1.807, 2.05) is 42.8 Å². The van der Waals surface area contributed by atoms with E-state index in [1.165, 1.54) is 4.90 Å². The number of carbonyl (C=O) groups excluding carboxylic acids is 1. The number of halogens is 1. The van der Waals surface area contributed by atoms with Crippen molar-refractivity contribution in [1.82, 2.24) is 9.62 Å². The summed E-state index contributed by atoms with van der Waals surface area (Å²) in [6, 6.07) is -0.463. The second-order valence-electron chi connectivity index (χ2n) is 4.62. The van der Waals surface area contributed by atoms with Gasteiger partial charge < -0.3 is 0 Å². The Kier molecular flexibility index (Phi) is 7.28. The molecule has 0 aromatic heterocycles. The van der Waals surface area contributed by atoms with Crippen LogP contribution in [0.2, 0.25) is 0 Å². The van der Waals surface area contributed by atoms with E-state index in [-0.39, 0.29) is 11.3 Å². The fourth-order valence-electron chi connectivity index (χ4n) is 1.00. The number of likely N-dealkylation sites (N-methyl/N-ethyl adjacent to an activating group) is 1. The molecule has 4 nitrogen and oxygen atoms in total. The summed E-state index contributed by atoms with van der Waals surface area (Å²) in [5.74, 6) is -0.0672. The van der Waals surface area contributed by atoms with Crippen LogP contribution in [0.15, 0.2) is 0 Å². The normalized spacial score (nSPS) is 16.4. The molecule has 1 amide bonds. The predicted octanol–water partition coefficient (Wildman–Crippen LogP) is 2.82. The third-order valence-electron chi connectivity index (χ3n) is 1.91. The quantitative estimate of drug-likeness (QED) is 0.592. The Labute approximate surface area is 115 Å². The monoisotopic (exact) mass is 394 g/mol. The molecule has 0 rings (SSSR count). The second-order valence-corrected chi connectivity index (χ2v) is 17.1. The molecule has 0 saturated carbocycles. The van der Waals surface area contributed by atoms with Crippen molar-refractivity contribution in [2.75, 3.05) is 14.1 Å². The summed E-state index contributed by atoms with van der Waals surface area (Å²) in [5, 5.41) is 0. The van der Waals surface area contributed by atoms with Gasteiger partial charge in [-0.15, -0.1) is 0 Å². The minimum atomic E-state index is -1.27. The number of rotatable bonds is 3. The van der Waals surface area contributed by atoms with Crippen LogP contribution in [0.5, 0.6) is 0 Å². The van der Waals surface area contributed by atoms with E-state index >= 15 is 0 Å². The number of carbonyl (C=O) groups is 1. The summed E-state index contributed by atoms with van der Waals surface area (Å²) in [6.07, 6.45) is 0. The standard InChI is InChI=1S/C8H17IN2O2P2S/c1-8(2,3)6(7(12)11(4)5)10-16(13)15(9)14/h6,10H,1-5H3/t6-,16?/m0/s1. The van der Waals surface area contributed by atoms with Crippen molar-refractivity contribution < 1.29 is 9.00 Å². The van der Waals surface area contributed by atoms with Crippen LogP contribution in [0.25, 0.3) is 0 Å². The van der Waals surface area contributed by atoms with E-state index in [0.717, 1.165) is 0 Å². The molecule has 0 aromatic rings. The summed E-state index contributed by atoms with van der Waals surface area (Å²) in [4.78, 5) is 13.5. The molecular weight excluding hydrogens is 377 g/mol. The van der Waals surface area contributed by atoms with Crippen molar-refractivity contribution in [2.24, 2.45) is 5.41 Å². The molecule has 0 aliphatic rings. The average Bonchev–Trinajstić information content (AvgIpc) is 2.10. The molecule has 16 heavy (non-hydrogen) atoms. The van der Waals surface area contributed by atoms with Gasteiger partial charge in [-0.05, 0) is 0 Å².